The first-order valence-electron chi connectivity index (χ1n) is 6.36. The maximum Gasteiger partial charge on any atom is 0.0942 e. The highest BCUT2D eigenvalue weighted by atomic mass is 32.2. The van der Waals surface area contributed by atoms with Gasteiger partial charge in [0, 0.05) is 24.0 Å². The van der Waals surface area contributed by atoms with Crippen molar-refractivity contribution >= 4 is 11.8 Å². The van der Waals surface area contributed by atoms with Crippen LogP contribution in [0.3, 0.4) is 0 Å². The Bertz CT molecular complexity index is 363. The van der Waals surface area contributed by atoms with Crippen LogP contribution in [0.15, 0.2) is 29.2 Å². The summed E-state index contributed by atoms with van der Waals surface area (Å²) in [6.07, 6.45) is 1.63. The molecule has 2 unspecified atom stereocenters. The summed E-state index contributed by atoms with van der Waals surface area (Å²) in [5.74, 6) is 0. The molecule has 0 amide bonds. The van der Waals surface area contributed by atoms with Crippen molar-refractivity contribution in [2.45, 2.75) is 24.0 Å². The van der Waals surface area contributed by atoms with Crippen LogP contribution in [-0.4, -0.2) is 48.6 Å². The quantitative estimate of drug-likeness (QED) is 0.848. The van der Waals surface area contributed by atoms with Crippen LogP contribution in [0, 0.1) is 0 Å². The van der Waals surface area contributed by atoms with Crippen molar-refractivity contribution in [3.05, 3.63) is 29.8 Å². The Morgan fingerprint density at radius 3 is 2.39 bits per heavy atom. The third kappa shape index (κ3) is 3.26. The van der Waals surface area contributed by atoms with Crippen molar-refractivity contribution in [1.29, 1.82) is 0 Å². The van der Waals surface area contributed by atoms with Gasteiger partial charge in [0.15, 0.2) is 0 Å². The number of nitrogens with zero attached hydrogens (tertiary/aromatic N) is 1. The molecule has 0 aliphatic carbocycles. The normalized spacial score (nSPS) is 20.6. The minimum atomic E-state index is -0.431. The summed E-state index contributed by atoms with van der Waals surface area (Å²) < 4.78 is 5.34. The van der Waals surface area contributed by atoms with Crippen LogP contribution in [0.5, 0.6) is 0 Å². The Hall–Kier alpha value is -0.550. The number of benzene rings is 1. The summed E-state index contributed by atoms with van der Waals surface area (Å²) in [4.78, 5) is 3.52. The second-order valence-electron chi connectivity index (χ2n) is 4.61. The standard InChI is InChI=1S/C14H21NO2S/c1-11(15-7-9-17-10-8-15)14(16)12-3-5-13(18-2)6-4-12/h3-6,11,14,16H,7-10H2,1-2H3. The fraction of sp³-hybridized carbons (Fsp3) is 0.571. The van der Waals surface area contributed by atoms with Gasteiger partial charge in [0.05, 0.1) is 19.3 Å². The summed E-state index contributed by atoms with van der Waals surface area (Å²) in [6, 6.07) is 8.31. The molecule has 0 spiro atoms. The highest BCUT2D eigenvalue weighted by Gasteiger charge is 2.24. The molecule has 2 rings (SSSR count). The van der Waals surface area contributed by atoms with Crippen molar-refractivity contribution < 1.29 is 9.84 Å². The van der Waals surface area contributed by atoms with Crippen LogP contribution in [0.2, 0.25) is 0 Å². The van der Waals surface area contributed by atoms with Crippen LogP contribution in [0.25, 0.3) is 0 Å². The molecule has 0 aromatic heterocycles. The Morgan fingerprint density at radius 2 is 1.83 bits per heavy atom. The molecule has 1 saturated heterocycles. The molecular formula is C14H21NO2S. The summed E-state index contributed by atoms with van der Waals surface area (Å²) in [5, 5.41) is 10.4. The fourth-order valence-corrected chi connectivity index (χ4v) is 2.67. The van der Waals surface area contributed by atoms with Gasteiger partial charge in [-0.25, -0.2) is 0 Å². The van der Waals surface area contributed by atoms with Crippen LogP contribution >= 0.6 is 11.8 Å². The molecule has 18 heavy (non-hydrogen) atoms. The van der Waals surface area contributed by atoms with Crippen molar-refractivity contribution in [1.82, 2.24) is 4.90 Å². The smallest absolute Gasteiger partial charge is 0.0942 e. The van der Waals surface area contributed by atoms with Gasteiger partial charge >= 0.3 is 0 Å². The predicted molar refractivity (Wildman–Crippen MR) is 75.0 cm³/mol. The Balaban J connectivity index is 2.01. The Labute approximate surface area is 113 Å². The molecule has 3 nitrogen and oxygen atoms in total. The minimum absolute atomic E-state index is 0.133. The maximum absolute atomic E-state index is 10.4. The predicted octanol–water partition coefficient (Wildman–Crippen LogP) is 2.16. The van der Waals surface area contributed by atoms with Gasteiger partial charge in [0.1, 0.15) is 0 Å². The van der Waals surface area contributed by atoms with Crippen molar-refractivity contribution in [3.63, 3.8) is 0 Å². The lowest BCUT2D eigenvalue weighted by atomic mass is 10.0. The number of hydrogen-bond donors (Lipinski definition) is 1. The van der Waals surface area contributed by atoms with E-state index in [0.717, 1.165) is 31.9 Å². The number of hydrogen-bond acceptors (Lipinski definition) is 4. The van der Waals surface area contributed by atoms with E-state index in [0.29, 0.717) is 0 Å². The summed E-state index contributed by atoms with van der Waals surface area (Å²) in [7, 11) is 0. The molecule has 100 valence electrons. The number of aliphatic hydroxyl groups excluding tert-OH is 1. The van der Waals surface area contributed by atoms with Gasteiger partial charge in [-0.3, -0.25) is 4.90 Å². The van der Waals surface area contributed by atoms with E-state index in [-0.39, 0.29) is 6.04 Å². The van der Waals surface area contributed by atoms with Gasteiger partial charge in [-0.2, -0.15) is 0 Å². The number of morpholine rings is 1. The summed E-state index contributed by atoms with van der Waals surface area (Å²) >= 11 is 1.72. The van der Waals surface area contributed by atoms with E-state index in [1.807, 2.05) is 12.1 Å². The molecule has 0 radical (unpaired) electrons. The van der Waals surface area contributed by atoms with Crippen LogP contribution in [0.1, 0.15) is 18.6 Å². The number of rotatable bonds is 4. The lowest BCUT2D eigenvalue weighted by molar-refractivity contribution is -0.0166. The molecule has 4 heteroatoms. The lowest BCUT2D eigenvalue weighted by Crippen LogP contribution is -2.44. The van der Waals surface area contributed by atoms with E-state index >= 15 is 0 Å². The SMILES string of the molecule is CSc1ccc(C(O)C(C)N2CCOCC2)cc1. The van der Waals surface area contributed by atoms with E-state index < -0.39 is 6.10 Å². The van der Waals surface area contributed by atoms with E-state index in [4.69, 9.17) is 4.74 Å². The highest BCUT2D eigenvalue weighted by molar-refractivity contribution is 7.98. The molecule has 1 N–H and O–H groups in total. The first-order valence-corrected chi connectivity index (χ1v) is 7.58. The second kappa shape index (κ2) is 6.57. The zero-order valence-corrected chi connectivity index (χ0v) is 11.8. The van der Waals surface area contributed by atoms with E-state index in [1.54, 1.807) is 11.8 Å². The zero-order valence-electron chi connectivity index (χ0n) is 11.0. The van der Waals surface area contributed by atoms with Gasteiger partial charge < -0.3 is 9.84 Å². The number of aliphatic hydroxyl groups is 1. The lowest BCUT2D eigenvalue weighted by Gasteiger charge is -2.35. The van der Waals surface area contributed by atoms with Crippen LogP contribution < -0.4 is 0 Å². The summed E-state index contributed by atoms with van der Waals surface area (Å²) in [5.41, 5.74) is 0.992. The highest BCUT2D eigenvalue weighted by Crippen LogP contribution is 2.24. The van der Waals surface area contributed by atoms with Gasteiger partial charge in [0.2, 0.25) is 0 Å². The Morgan fingerprint density at radius 1 is 1.22 bits per heavy atom. The number of ether oxygens (including phenoxy) is 1. The topological polar surface area (TPSA) is 32.7 Å². The van der Waals surface area contributed by atoms with Crippen molar-refractivity contribution in [2.75, 3.05) is 32.6 Å². The molecule has 0 bridgehead atoms. The maximum atomic E-state index is 10.4. The molecular weight excluding hydrogens is 246 g/mol. The monoisotopic (exact) mass is 267 g/mol. The van der Waals surface area contributed by atoms with Gasteiger partial charge in [-0.05, 0) is 30.9 Å². The first-order chi connectivity index (χ1) is 8.72. The average molecular weight is 267 g/mol. The molecule has 1 aliphatic rings. The van der Waals surface area contributed by atoms with Crippen molar-refractivity contribution in [3.8, 4) is 0 Å². The van der Waals surface area contributed by atoms with E-state index in [1.165, 1.54) is 4.90 Å². The van der Waals surface area contributed by atoms with Crippen molar-refractivity contribution in [2.24, 2.45) is 0 Å². The van der Waals surface area contributed by atoms with Gasteiger partial charge in [-0.1, -0.05) is 12.1 Å². The van der Waals surface area contributed by atoms with Gasteiger partial charge in [0.25, 0.3) is 0 Å². The Kier molecular flexibility index (Phi) is 5.06. The number of thioether (sulfide) groups is 1. The van der Waals surface area contributed by atoms with Crippen LogP contribution in [-0.2, 0) is 4.74 Å². The average Bonchev–Trinajstić information content (AvgIpc) is 2.47. The minimum Gasteiger partial charge on any atom is -0.387 e. The first kappa shape index (κ1) is 13.9. The molecule has 1 aliphatic heterocycles. The summed E-state index contributed by atoms with van der Waals surface area (Å²) in [6.45, 7) is 5.42. The van der Waals surface area contributed by atoms with E-state index in [2.05, 4.69) is 30.2 Å². The zero-order chi connectivity index (χ0) is 13.0. The third-order valence-electron chi connectivity index (χ3n) is 3.54. The second-order valence-corrected chi connectivity index (χ2v) is 5.49. The van der Waals surface area contributed by atoms with Crippen LogP contribution in [0.4, 0.5) is 0 Å². The third-order valence-corrected chi connectivity index (χ3v) is 4.28. The van der Waals surface area contributed by atoms with E-state index in [9.17, 15) is 5.11 Å². The molecule has 2 atom stereocenters. The van der Waals surface area contributed by atoms with Gasteiger partial charge in [-0.15, -0.1) is 11.8 Å². The molecule has 1 aromatic rings. The fourth-order valence-electron chi connectivity index (χ4n) is 2.26. The largest absolute Gasteiger partial charge is 0.387 e. The molecule has 1 fully saturated rings. The molecule has 1 heterocycles. The molecule has 0 saturated carbocycles. The molecule has 1 aromatic carbocycles.